The van der Waals surface area contributed by atoms with Gasteiger partial charge in [0, 0.05) is 33.9 Å². The Morgan fingerprint density at radius 3 is 1.41 bits per heavy atom. The van der Waals surface area contributed by atoms with Crippen LogP contribution in [0.3, 0.4) is 0 Å². The zero-order valence-electron chi connectivity index (χ0n) is 28.5. The van der Waals surface area contributed by atoms with Gasteiger partial charge in [0.05, 0.1) is 5.69 Å². The van der Waals surface area contributed by atoms with Gasteiger partial charge in [-0.3, -0.25) is 4.98 Å². The maximum atomic E-state index is 5.12. The molecule has 0 spiro atoms. The van der Waals surface area contributed by atoms with E-state index in [0.29, 0.717) is 17.5 Å². The summed E-state index contributed by atoms with van der Waals surface area (Å²) in [6.45, 7) is 4.60. The quantitative estimate of drug-likeness (QED) is 0.179. The highest BCUT2D eigenvalue weighted by Gasteiger charge is 2.35. The largest absolute Gasteiger partial charge is 0.255 e. The number of nitrogens with zero attached hydrogens (tertiary/aromatic N) is 4. The molecule has 0 bridgehead atoms. The van der Waals surface area contributed by atoms with Crippen molar-refractivity contribution in [3.05, 3.63) is 181 Å². The number of fused-ring (bicyclic) bond motifs is 3. The van der Waals surface area contributed by atoms with Gasteiger partial charge in [-0.05, 0) is 62.7 Å². The molecule has 0 fully saturated rings. The third-order valence-electron chi connectivity index (χ3n) is 10.0. The summed E-state index contributed by atoms with van der Waals surface area (Å²) in [5.41, 5.74) is 14.3. The lowest BCUT2D eigenvalue weighted by Gasteiger charge is -2.21. The topological polar surface area (TPSA) is 51.6 Å². The summed E-state index contributed by atoms with van der Waals surface area (Å²) in [7, 11) is 0. The number of aromatic nitrogens is 4. The average molecular weight is 655 g/mol. The molecule has 0 atom stereocenters. The van der Waals surface area contributed by atoms with E-state index in [1.807, 2.05) is 24.4 Å². The fourth-order valence-corrected chi connectivity index (χ4v) is 7.32. The van der Waals surface area contributed by atoms with Crippen molar-refractivity contribution in [2.24, 2.45) is 0 Å². The molecule has 2 aromatic heterocycles. The highest BCUT2D eigenvalue weighted by atomic mass is 15.0. The lowest BCUT2D eigenvalue weighted by atomic mass is 9.82. The molecule has 1 aliphatic carbocycles. The normalized spacial score (nSPS) is 12.7. The third kappa shape index (κ3) is 5.51. The minimum atomic E-state index is -0.0679. The first kappa shape index (κ1) is 30.5. The second-order valence-electron chi connectivity index (χ2n) is 13.5. The van der Waals surface area contributed by atoms with Crippen molar-refractivity contribution in [1.29, 1.82) is 0 Å². The molecule has 0 radical (unpaired) electrons. The van der Waals surface area contributed by atoms with Crippen LogP contribution in [0, 0.1) is 0 Å². The maximum absolute atomic E-state index is 5.12. The first-order chi connectivity index (χ1) is 25.0. The molecule has 0 N–H and O–H groups in total. The monoisotopic (exact) mass is 654 g/mol. The Morgan fingerprint density at radius 2 is 0.804 bits per heavy atom. The van der Waals surface area contributed by atoms with Crippen LogP contribution in [0.4, 0.5) is 0 Å². The standard InChI is InChI=1S/C47H34N4/c1-47(2)41-18-10-9-16-38(41)40-30-37(27-28-42(40)47)43-39(17-11-29-48-43)46-50-44(35-23-19-33(20-24-35)31-12-5-3-6-13-31)49-45(51-46)36-25-21-34(22-26-36)32-14-7-4-8-15-32/h3-30H,1-2H3. The Morgan fingerprint density at radius 1 is 0.353 bits per heavy atom. The number of hydrogen-bond donors (Lipinski definition) is 0. The van der Waals surface area contributed by atoms with Gasteiger partial charge < -0.3 is 0 Å². The molecule has 0 saturated carbocycles. The Balaban J connectivity index is 1.17. The van der Waals surface area contributed by atoms with Crippen LogP contribution in [0.25, 0.3) is 78.8 Å². The Bertz CT molecular complexity index is 2420. The predicted octanol–water partition coefficient (Wildman–Crippen LogP) is 11.6. The second-order valence-corrected chi connectivity index (χ2v) is 13.5. The van der Waals surface area contributed by atoms with E-state index in [1.54, 1.807) is 0 Å². The molecular formula is C47H34N4. The molecule has 1 aliphatic rings. The minimum Gasteiger partial charge on any atom is -0.255 e. The van der Waals surface area contributed by atoms with Gasteiger partial charge in [-0.2, -0.15) is 0 Å². The lowest BCUT2D eigenvalue weighted by molar-refractivity contribution is 0.660. The molecule has 0 saturated heterocycles. The first-order valence-electron chi connectivity index (χ1n) is 17.3. The van der Waals surface area contributed by atoms with E-state index in [9.17, 15) is 0 Å². The van der Waals surface area contributed by atoms with Gasteiger partial charge in [0.1, 0.15) is 0 Å². The molecule has 0 unspecified atom stereocenters. The fraction of sp³-hybridized carbons (Fsp3) is 0.0638. The van der Waals surface area contributed by atoms with Gasteiger partial charge in [-0.15, -0.1) is 0 Å². The Hall–Kier alpha value is -6.52. The zero-order chi connectivity index (χ0) is 34.4. The zero-order valence-corrected chi connectivity index (χ0v) is 28.5. The van der Waals surface area contributed by atoms with Crippen molar-refractivity contribution in [2.45, 2.75) is 19.3 Å². The lowest BCUT2D eigenvalue weighted by Crippen LogP contribution is -2.14. The van der Waals surface area contributed by atoms with Gasteiger partial charge in [0.15, 0.2) is 17.5 Å². The van der Waals surface area contributed by atoms with E-state index in [-0.39, 0.29) is 5.41 Å². The van der Waals surface area contributed by atoms with E-state index in [0.717, 1.165) is 39.1 Å². The summed E-state index contributed by atoms with van der Waals surface area (Å²) >= 11 is 0. The number of rotatable bonds is 6. The summed E-state index contributed by atoms with van der Waals surface area (Å²) in [4.78, 5) is 20.2. The summed E-state index contributed by atoms with van der Waals surface area (Å²) in [6.07, 6.45) is 1.84. The van der Waals surface area contributed by atoms with Gasteiger partial charge in [0.2, 0.25) is 0 Å². The molecule has 51 heavy (non-hydrogen) atoms. The summed E-state index contributed by atoms with van der Waals surface area (Å²) < 4.78 is 0. The minimum absolute atomic E-state index is 0.0679. The molecule has 9 rings (SSSR count). The summed E-state index contributed by atoms with van der Waals surface area (Å²) in [5.74, 6) is 1.81. The van der Waals surface area contributed by atoms with Crippen molar-refractivity contribution < 1.29 is 0 Å². The van der Waals surface area contributed by atoms with Crippen LogP contribution >= 0.6 is 0 Å². The number of benzene rings is 6. The van der Waals surface area contributed by atoms with Crippen molar-refractivity contribution in [3.8, 4) is 78.8 Å². The van der Waals surface area contributed by atoms with E-state index in [1.165, 1.54) is 33.4 Å². The fourth-order valence-electron chi connectivity index (χ4n) is 7.32. The van der Waals surface area contributed by atoms with Crippen molar-refractivity contribution in [2.75, 3.05) is 0 Å². The summed E-state index contributed by atoms with van der Waals surface area (Å²) in [5, 5.41) is 0. The second kappa shape index (κ2) is 12.4. The van der Waals surface area contributed by atoms with Crippen LogP contribution in [0.2, 0.25) is 0 Å². The highest BCUT2D eigenvalue weighted by molar-refractivity contribution is 5.87. The molecule has 0 aliphatic heterocycles. The smallest absolute Gasteiger partial charge is 0.166 e. The highest BCUT2D eigenvalue weighted by Crippen LogP contribution is 2.49. The molecule has 4 nitrogen and oxygen atoms in total. The number of hydrogen-bond acceptors (Lipinski definition) is 4. The molecule has 0 amide bonds. The van der Waals surface area contributed by atoms with E-state index in [4.69, 9.17) is 19.9 Å². The van der Waals surface area contributed by atoms with Gasteiger partial charge in [0.25, 0.3) is 0 Å². The Labute approximate surface area is 298 Å². The van der Waals surface area contributed by atoms with E-state index in [2.05, 4.69) is 159 Å². The maximum Gasteiger partial charge on any atom is 0.166 e. The third-order valence-corrected chi connectivity index (χ3v) is 10.0. The van der Waals surface area contributed by atoms with Crippen LogP contribution in [0.15, 0.2) is 170 Å². The number of pyridine rings is 1. The predicted molar refractivity (Wildman–Crippen MR) is 208 cm³/mol. The molecule has 242 valence electrons. The van der Waals surface area contributed by atoms with Crippen molar-refractivity contribution in [3.63, 3.8) is 0 Å². The van der Waals surface area contributed by atoms with Gasteiger partial charge in [-0.25, -0.2) is 15.0 Å². The van der Waals surface area contributed by atoms with Crippen LogP contribution in [0.1, 0.15) is 25.0 Å². The van der Waals surface area contributed by atoms with E-state index < -0.39 is 0 Å². The van der Waals surface area contributed by atoms with Crippen molar-refractivity contribution >= 4 is 0 Å². The Kier molecular flexibility index (Phi) is 7.44. The average Bonchev–Trinajstić information content (AvgIpc) is 3.44. The van der Waals surface area contributed by atoms with Crippen molar-refractivity contribution in [1.82, 2.24) is 19.9 Å². The van der Waals surface area contributed by atoms with Crippen LogP contribution < -0.4 is 0 Å². The van der Waals surface area contributed by atoms with Crippen LogP contribution in [-0.2, 0) is 5.41 Å². The van der Waals surface area contributed by atoms with E-state index >= 15 is 0 Å². The molecule has 4 heteroatoms. The summed E-state index contributed by atoms with van der Waals surface area (Å²) in [6, 6.07) is 57.1. The molecule has 8 aromatic rings. The van der Waals surface area contributed by atoms with Crippen LogP contribution in [-0.4, -0.2) is 19.9 Å². The van der Waals surface area contributed by atoms with Gasteiger partial charge in [-0.1, -0.05) is 159 Å². The van der Waals surface area contributed by atoms with Crippen LogP contribution in [0.5, 0.6) is 0 Å². The molecule has 2 heterocycles. The molecule has 6 aromatic carbocycles. The molecular weight excluding hydrogens is 621 g/mol. The first-order valence-corrected chi connectivity index (χ1v) is 17.3. The SMILES string of the molecule is CC1(C)c2ccccc2-c2cc(-c3ncccc3-c3nc(-c4ccc(-c5ccccc5)cc4)nc(-c4ccc(-c5ccccc5)cc4)n3)ccc21. The van der Waals surface area contributed by atoms with Gasteiger partial charge >= 0.3 is 0 Å².